The third-order valence-electron chi connectivity index (χ3n) is 9.74. The number of rotatable bonds is 9. The number of aryl methyl sites for hydroxylation is 1. The number of carbonyl (C=O) groups is 1. The molecule has 2 fully saturated rings. The summed E-state index contributed by atoms with van der Waals surface area (Å²) in [6, 6.07) is 15.2. The molecule has 0 bridgehead atoms. The molecule has 1 amide bonds. The lowest BCUT2D eigenvalue weighted by Gasteiger charge is -2.36. The number of ether oxygens (including phenoxy) is 1. The van der Waals surface area contributed by atoms with Crippen molar-refractivity contribution in [1.29, 1.82) is 0 Å². The zero-order chi connectivity index (χ0) is 29.0. The number of morpholine rings is 1. The van der Waals surface area contributed by atoms with Crippen LogP contribution in [-0.4, -0.2) is 87.6 Å². The van der Waals surface area contributed by atoms with Crippen molar-refractivity contribution in [3.05, 3.63) is 71.8 Å². The van der Waals surface area contributed by atoms with Crippen molar-refractivity contribution in [2.45, 2.75) is 64.1 Å². The minimum atomic E-state index is 0.143. The average molecular weight is 581 g/mol. The summed E-state index contributed by atoms with van der Waals surface area (Å²) in [6.45, 7) is 8.17. The molecule has 8 heteroatoms. The summed E-state index contributed by atoms with van der Waals surface area (Å²) in [5.74, 6) is 0.143. The predicted octanol–water partition coefficient (Wildman–Crippen LogP) is 5.20. The molecule has 0 radical (unpaired) electrons. The van der Waals surface area contributed by atoms with Gasteiger partial charge in [0, 0.05) is 54.9 Å². The monoisotopic (exact) mass is 580 g/mol. The molecule has 226 valence electrons. The van der Waals surface area contributed by atoms with Gasteiger partial charge in [-0.05, 0) is 81.9 Å². The molecular formula is C35H44N6O2. The predicted molar refractivity (Wildman–Crippen MR) is 170 cm³/mol. The Bertz CT molecular complexity index is 1550. The molecule has 43 heavy (non-hydrogen) atoms. The summed E-state index contributed by atoms with van der Waals surface area (Å²) in [5, 5.41) is 2.35. The molecule has 0 N–H and O–H groups in total. The maximum absolute atomic E-state index is 13.6. The first-order chi connectivity index (χ1) is 21.3. The van der Waals surface area contributed by atoms with Crippen LogP contribution in [-0.2, 0) is 29.0 Å². The van der Waals surface area contributed by atoms with Crippen LogP contribution < -0.4 is 0 Å². The topological polar surface area (TPSA) is 66.7 Å². The molecule has 4 aromatic rings. The van der Waals surface area contributed by atoms with Crippen molar-refractivity contribution in [1.82, 2.24) is 29.2 Å². The molecule has 3 aromatic heterocycles. The van der Waals surface area contributed by atoms with Crippen LogP contribution in [0.15, 0.2) is 54.9 Å². The van der Waals surface area contributed by atoms with Crippen LogP contribution in [0.4, 0.5) is 0 Å². The highest BCUT2D eigenvalue weighted by Crippen LogP contribution is 2.36. The summed E-state index contributed by atoms with van der Waals surface area (Å²) >= 11 is 0. The second-order valence-corrected chi connectivity index (χ2v) is 12.4. The van der Waals surface area contributed by atoms with E-state index in [9.17, 15) is 4.79 Å². The molecule has 7 rings (SSSR count). The Hall–Kier alpha value is -3.33. The van der Waals surface area contributed by atoms with Crippen LogP contribution in [0.3, 0.4) is 0 Å². The molecule has 3 aliphatic rings. The first kappa shape index (κ1) is 28.4. The number of nitrogens with zero attached hydrogens (tertiary/aromatic N) is 6. The average Bonchev–Trinajstić information content (AvgIpc) is 3.39. The van der Waals surface area contributed by atoms with E-state index in [1.54, 1.807) is 0 Å². The molecule has 1 unspecified atom stereocenters. The van der Waals surface area contributed by atoms with Crippen molar-refractivity contribution in [3.63, 3.8) is 0 Å². The Morgan fingerprint density at radius 3 is 2.65 bits per heavy atom. The van der Waals surface area contributed by atoms with Crippen molar-refractivity contribution in [2.75, 3.05) is 52.5 Å². The number of fused-ring (bicyclic) bond motifs is 4. The van der Waals surface area contributed by atoms with Gasteiger partial charge < -0.3 is 19.1 Å². The second-order valence-electron chi connectivity index (χ2n) is 12.4. The Morgan fingerprint density at radius 2 is 1.77 bits per heavy atom. The quantitative estimate of drug-likeness (QED) is 0.271. The van der Waals surface area contributed by atoms with Gasteiger partial charge in [0.05, 0.1) is 36.2 Å². The number of para-hydroxylation sites is 1. The van der Waals surface area contributed by atoms with Crippen molar-refractivity contribution < 1.29 is 9.53 Å². The molecule has 2 aliphatic heterocycles. The summed E-state index contributed by atoms with van der Waals surface area (Å²) in [5.41, 5.74) is 5.85. The lowest BCUT2D eigenvalue weighted by molar-refractivity contribution is -0.135. The highest BCUT2D eigenvalue weighted by Gasteiger charge is 2.29. The van der Waals surface area contributed by atoms with Gasteiger partial charge >= 0.3 is 0 Å². The minimum absolute atomic E-state index is 0.143. The maximum atomic E-state index is 13.6. The smallest absolute Gasteiger partial charge is 0.242 e. The van der Waals surface area contributed by atoms with Gasteiger partial charge in [-0.25, -0.2) is 0 Å². The third-order valence-corrected chi connectivity index (χ3v) is 9.74. The molecule has 1 aliphatic carbocycles. The number of amides is 1. The van der Waals surface area contributed by atoms with Gasteiger partial charge in [0.15, 0.2) is 0 Å². The molecule has 8 nitrogen and oxygen atoms in total. The van der Waals surface area contributed by atoms with Gasteiger partial charge in [0.1, 0.15) is 6.54 Å². The van der Waals surface area contributed by atoms with Crippen LogP contribution in [0.1, 0.15) is 61.5 Å². The summed E-state index contributed by atoms with van der Waals surface area (Å²) in [6.07, 6.45) is 12.5. The number of hydrogen-bond donors (Lipinski definition) is 0. The highest BCUT2D eigenvalue weighted by molar-refractivity contribution is 6.09. The highest BCUT2D eigenvalue weighted by atomic mass is 16.5. The van der Waals surface area contributed by atoms with Crippen LogP contribution >= 0.6 is 0 Å². The van der Waals surface area contributed by atoms with Gasteiger partial charge in [-0.15, -0.1) is 0 Å². The van der Waals surface area contributed by atoms with E-state index in [-0.39, 0.29) is 11.9 Å². The summed E-state index contributed by atoms with van der Waals surface area (Å²) < 4.78 is 7.74. The normalized spacial score (nSPS) is 19.7. The number of aromatic nitrogens is 3. The third kappa shape index (κ3) is 6.06. The number of likely N-dealkylation sites (tertiary alicyclic amines) is 1. The number of hydrogen-bond acceptors (Lipinski definition) is 6. The maximum Gasteiger partial charge on any atom is 0.242 e. The van der Waals surface area contributed by atoms with Gasteiger partial charge in [-0.1, -0.05) is 30.7 Å². The largest absolute Gasteiger partial charge is 0.378 e. The van der Waals surface area contributed by atoms with E-state index in [0.29, 0.717) is 32.8 Å². The second kappa shape index (κ2) is 13.1. The SMILES string of the molecule is O=C(Cn1c2ccccc2c2ccnc(CN(CCCN3CCCCC3)C3CCCc4cccnc43)c21)N1CCOCC1. The number of pyridine rings is 2. The Morgan fingerprint density at radius 1 is 0.907 bits per heavy atom. The van der Waals surface area contributed by atoms with Gasteiger partial charge in [0.25, 0.3) is 0 Å². The number of carbonyl (C=O) groups excluding carboxylic acids is 1. The van der Waals surface area contributed by atoms with E-state index in [1.165, 1.54) is 60.8 Å². The molecule has 1 atom stereocenters. The molecule has 2 saturated heterocycles. The fourth-order valence-corrected chi connectivity index (χ4v) is 7.56. The van der Waals surface area contributed by atoms with E-state index < -0.39 is 0 Å². The fraction of sp³-hybridized carbons (Fsp3) is 0.514. The van der Waals surface area contributed by atoms with Crippen LogP contribution in [0.25, 0.3) is 21.8 Å². The van der Waals surface area contributed by atoms with Gasteiger partial charge in [0.2, 0.25) is 5.91 Å². The molecule has 0 spiro atoms. The first-order valence-corrected chi connectivity index (χ1v) is 16.4. The zero-order valence-electron chi connectivity index (χ0n) is 25.3. The van der Waals surface area contributed by atoms with Crippen LogP contribution in [0, 0.1) is 0 Å². The van der Waals surface area contributed by atoms with Gasteiger partial charge in [-0.2, -0.15) is 0 Å². The number of piperidine rings is 1. The van der Waals surface area contributed by atoms with Crippen molar-refractivity contribution in [3.8, 4) is 0 Å². The van der Waals surface area contributed by atoms with E-state index in [2.05, 4.69) is 56.8 Å². The van der Waals surface area contributed by atoms with E-state index in [4.69, 9.17) is 14.7 Å². The van der Waals surface area contributed by atoms with Crippen molar-refractivity contribution >= 4 is 27.7 Å². The Labute approximate surface area is 254 Å². The lowest BCUT2D eigenvalue weighted by Crippen LogP contribution is -2.42. The molecule has 1 aromatic carbocycles. The first-order valence-electron chi connectivity index (χ1n) is 16.4. The van der Waals surface area contributed by atoms with Crippen LogP contribution in [0.5, 0.6) is 0 Å². The summed E-state index contributed by atoms with van der Waals surface area (Å²) in [4.78, 5) is 30.8. The Balaban J connectivity index is 1.24. The van der Waals surface area contributed by atoms with E-state index >= 15 is 0 Å². The van der Waals surface area contributed by atoms with E-state index in [0.717, 1.165) is 55.6 Å². The molecular weight excluding hydrogens is 536 g/mol. The van der Waals surface area contributed by atoms with Crippen LogP contribution in [0.2, 0.25) is 0 Å². The van der Waals surface area contributed by atoms with Crippen molar-refractivity contribution in [2.24, 2.45) is 0 Å². The minimum Gasteiger partial charge on any atom is -0.378 e. The number of benzene rings is 1. The molecule has 0 saturated carbocycles. The molecule has 5 heterocycles. The van der Waals surface area contributed by atoms with Gasteiger partial charge in [-0.3, -0.25) is 19.7 Å². The standard InChI is InChI=1S/C35H44N6O2/c42-33(39-21-23-43-24-22-39)26-41-31-12-3-2-11-28(31)29-14-16-36-30(35(29)41)25-40(20-8-19-38-17-4-1-5-18-38)32-13-6-9-27-10-7-15-37-34(27)32/h2-3,7,10-12,14-16,32H,1,4-6,8-9,13,17-26H2. The summed E-state index contributed by atoms with van der Waals surface area (Å²) in [7, 11) is 0. The lowest BCUT2D eigenvalue weighted by atomic mass is 9.90. The van der Waals surface area contributed by atoms with E-state index in [1.807, 2.05) is 17.3 Å². The fourth-order valence-electron chi connectivity index (χ4n) is 7.56. The Kier molecular flexibility index (Phi) is 8.68. The zero-order valence-corrected chi connectivity index (χ0v) is 25.3.